The third-order valence-corrected chi connectivity index (χ3v) is 3.81. The maximum Gasteiger partial charge on any atom is 0.229 e. The predicted octanol–water partition coefficient (Wildman–Crippen LogP) is 3.71. The Labute approximate surface area is 171 Å². The summed E-state index contributed by atoms with van der Waals surface area (Å²) in [6, 6.07) is 9.01. The van der Waals surface area contributed by atoms with Gasteiger partial charge in [-0.1, -0.05) is 13.8 Å². The first-order chi connectivity index (χ1) is 13.2. The minimum Gasteiger partial charge on any atom is -0.332 e. The second-order valence-electron chi connectivity index (χ2n) is 6.90. The molecule has 7 nitrogen and oxygen atoms in total. The molecule has 0 bridgehead atoms. The Kier molecular flexibility index (Phi) is 7.57. The Hall–Kier alpha value is -2.87. The fraction of sp³-hybridized carbons (Fsp3) is 0.350. The molecular formula is C20H26N6OS. The largest absolute Gasteiger partial charge is 0.332 e. The van der Waals surface area contributed by atoms with E-state index in [1.165, 1.54) is 6.92 Å². The van der Waals surface area contributed by atoms with Crippen LogP contribution in [0.15, 0.2) is 35.3 Å². The van der Waals surface area contributed by atoms with Crippen molar-refractivity contribution in [2.24, 2.45) is 10.9 Å². The normalized spacial score (nSPS) is 11.3. The van der Waals surface area contributed by atoms with Crippen molar-refractivity contribution >= 4 is 40.7 Å². The first-order valence-corrected chi connectivity index (χ1v) is 9.46. The molecule has 2 aromatic rings. The molecule has 3 N–H and O–H groups in total. The van der Waals surface area contributed by atoms with E-state index in [0.717, 1.165) is 17.1 Å². The summed E-state index contributed by atoms with van der Waals surface area (Å²) in [5, 5.41) is 9.61. The smallest absolute Gasteiger partial charge is 0.229 e. The lowest BCUT2D eigenvalue weighted by molar-refractivity contribution is 0.101. The van der Waals surface area contributed by atoms with Gasteiger partial charge in [-0.05, 0) is 69.2 Å². The first kappa shape index (κ1) is 21.4. The second kappa shape index (κ2) is 9.89. The van der Waals surface area contributed by atoms with Gasteiger partial charge in [0.1, 0.15) is 0 Å². The van der Waals surface area contributed by atoms with E-state index < -0.39 is 0 Å². The number of guanidine groups is 1. The quantitative estimate of drug-likeness (QED) is 0.306. The predicted molar refractivity (Wildman–Crippen MR) is 118 cm³/mol. The van der Waals surface area contributed by atoms with Gasteiger partial charge in [0.25, 0.3) is 0 Å². The number of benzene rings is 1. The molecule has 1 aromatic heterocycles. The summed E-state index contributed by atoms with van der Waals surface area (Å²) in [5.74, 6) is 1.34. The van der Waals surface area contributed by atoms with Gasteiger partial charge in [0.2, 0.25) is 11.9 Å². The zero-order valence-corrected chi connectivity index (χ0v) is 17.6. The van der Waals surface area contributed by atoms with Crippen molar-refractivity contribution in [3.8, 4) is 0 Å². The van der Waals surface area contributed by atoms with Crippen LogP contribution in [0.3, 0.4) is 0 Å². The monoisotopic (exact) mass is 398 g/mol. The summed E-state index contributed by atoms with van der Waals surface area (Å²) in [7, 11) is 0. The van der Waals surface area contributed by atoms with E-state index in [4.69, 9.17) is 12.2 Å². The highest BCUT2D eigenvalue weighted by Crippen LogP contribution is 2.10. The minimum absolute atomic E-state index is 0.0213. The molecule has 8 heteroatoms. The maximum absolute atomic E-state index is 11.4. The molecule has 0 fully saturated rings. The molecule has 0 aliphatic heterocycles. The zero-order chi connectivity index (χ0) is 20.7. The lowest BCUT2D eigenvalue weighted by Crippen LogP contribution is -2.39. The van der Waals surface area contributed by atoms with Crippen molar-refractivity contribution in [3.05, 3.63) is 47.3 Å². The number of hydrogen-bond acceptors (Lipinski definition) is 5. The molecule has 148 valence electrons. The minimum atomic E-state index is 0.0213. The van der Waals surface area contributed by atoms with Crippen LogP contribution in [-0.2, 0) is 0 Å². The Balaban J connectivity index is 2.09. The summed E-state index contributed by atoms with van der Waals surface area (Å²) in [6.07, 6.45) is 0. The van der Waals surface area contributed by atoms with E-state index in [9.17, 15) is 4.79 Å². The number of nitrogens with zero attached hydrogens (tertiary/aromatic N) is 3. The molecule has 0 atom stereocenters. The third kappa shape index (κ3) is 7.03. The molecule has 0 aliphatic rings. The third-order valence-electron chi connectivity index (χ3n) is 3.61. The maximum atomic E-state index is 11.4. The Morgan fingerprint density at radius 2 is 1.71 bits per heavy atom. The molecule has 2 rings (SSSR count). The van der Waals surface area contributed by atoms with Gasteiger partial charge in [0, 0.05) is 29.2 Å². The lowest BCUT2D eigenvalue weighted by atomic mass is 10.1. The SMILES string of the molecule is CC(=O)c1ccc(NC(=S)NC(=NCC(C)C)Nc2nc(C)cc(C)n2)cc1. The van der Waals surface area contributed by atoms with E-state index in [0.29, 0.717) is 35.0 Å². The lowest BCUT2D eigenvalue weighted by Gasteiger charge is -2.15. The summed E-state index contributed by atoms with van der Waals surface area (Å²) in [4.78, 5) is 24.7. The molecule has 1 heterocycles. The van der Waals surface area contributed by atoms with Gasteiger partial charge >= 0.3 is 0 Å². The number of ketones is 1. The average Bonchev–Trinajstić information content (AvgIpc) is 2.59. The number of aliphatic imine (C=N–C) groups is 1. The number of aromatic nitrogens is 2. The number of hydrogen-bond donors (Lipinski definition) is 3. The van der Waals surface area contributed by atoms with Crippen molar-refractivity contribution in [1.82, 2.24) is 15.3 Å². The molecule has 28 heavy (non-hydrogen) atoms. The molecule has 0 aliphatic carbocycles. The first-order valence-electron chi connectivity index (χ1n) is 9.05. The molecule has 0 spiro atoms. The number of carbonyl (C=O) groups excluding carboxylic acids is 1. The molecule has 0 amide bonds. The molecule has 0 radical (unpaired) electrons. The summed E-state index contributed by atoms with van der Waals surface area (Å²) in [6.45, 7) is 10.1. The Bertz CT molecular complexity index is 857. The molecule has 1 aromatic carbocycles. The van der Waals surface area contributed by atoms with E-state index >= 15 is 0 Å². The number of nitrogens with one attached hydrogen (secondary N) is 3. The Morgan fingerprint density at radius 1 is 1.11 bits per heavy atom. The van der Waals surface area contributed by atoms with Gasteiger partial charge in [-0.3, -0.25) is 15.1 Å². The van der Waals surface area contributed by atoms with E-state index in [2.05, 4.69) is 44.8 Å². The second-order valence-corrected chi connectivity index (χ2v) is 7.30. The topological polar surface area (TPSA) is 91.3 Å². The molecule has 0 saturated heterocycles. The van der Waals surface area contributed by atoms with Gasteiger partial charge in [-0.2, -0.15) is 0 Å². The summed E-state index contributed by atoms with van der Waals surface area (Å²) in [5.41, 5.74) is 3.15. The van der Waals surface area contributed by atoms with Crippen molar-refractivity contribution in [2.45, 2.75) is 34.6 Å². The van der Waals surface area contributed by atoms with Crippen LogP contribution in [0.2, 0.25) is 0 Å². The van der Waals surface area contributed by atoms with E-state index in [1.54, 1.807) is 24.3 Å². The number of Topliss-reactive ketones (excluding diaryl/α,β-unsaturated/α-hetero) is 1. The van der Waals surface area contributed by atoms with Crippen molar-refractivity contribution < 1.29 is 4.79 Å². The highest BCUT2D eigenvalue weighted by molar-refractivity contribution is 7.80. The van der Waals surface area contributed by atoms with Gasteiger partial charge in [0.15, 0.2) is 10.9 Å². The number of aryl methyl sites for hydroxylation is 2. The number of rotatable bonds is 5. The Morgan fingerprint density at radius 3 is 2.25 bits per heavy atom. The fourth-order valence-electron chi connectivity index (χ4n) is 2.33. The van der Waals surface area contributed by atoms with Crippen molar-refractivity contribution in [1.29, 1.82) is 0 Å². The van der Waals surface area contributed by atoms with Crippen LogP contribution < -0.4 is 16.0 Å². The van der Waals surface area contributed by atoms with Crippen LogP contribution in [0.5, 0.6) is 0 Å². The molecule has 0 saturated carbocycles. The highest BCUT2D eigenvalue weighted by atomic mass is 32.1. The van der Waals surface area contributed by atoms with Crippen LogP contribution in [0.25, 0.3) is 0 Å². The standard InChI is InChI=1S/C20H26N6OS/c1-12(2)11-21-18(25-19-22-13(3)10-14(4)23-19)26-20(28)24-17-8-6-16(7-9-17)15(5)27/h6-10,12H,11H2,1-5H3,(H3,21,22,23,24,25,26,28). The van der Waals surface area contributed by atoms with Crippen LogP contribution >= 0.6 is 12.2 Å². The van der Waals surface area contributed by atoms with Crippen LogP contribution in [0.1, 0.15) is 42.5 Å². The number of carbonyl (C=O) groups is 1. The number of thiocarbonyl (C=S) groups is 1. The van der Waals surface area contributed by atoms with Crippen molar-refractivity contribution in [3.63, 3.8) is 0 Å². The number of anilines is 2. The van der Waals surface area contributed by atoms with Crippen LogP contribution in [-0.4, -0.2) is 33.4 Å². The van der Waals surface area contributed by atoms with Gasteiger partial charge in [-0.15, -0.1) is 0 Å². The summed E-state index contributed by atoms with van der Waals surface area (Å²) >= 11 is 5.39. The van der Waals surface area contributed by atoms with Gasteiger partial charge < -0.3 is 10.6 Å². The molecular weight excluding hydrogens is 372 g/mol. The van der Waals surface area contributed by atoms with E-state index in [-0.39, 0.29) is 5.78 Å². The average molecular weight is 399 g/mol. The molecule has 0 unspecified atom stereocenters. The van der Waals surface area contributed by atoms with Gasteiger partial charge in [-0.25, -0.2) is 9.97 Å². The van der Waals surface area contributed by atoms with Gasteiger partial charge in [0.05, 0.1) is 0 Å². The zero-order valence-electron chi connectivity index (χ0n) is 16.8. The van der Waals surface area contributed by atoms with Crippen LogP contribution in [0.4, 0.5) is 11.6 Å². The fourth-order valence-corrected chi connectivity index (χ4v) is 2.54. The van der Waals surface area contributed by atoms with E-state index in [1.807, 2.05) is 19.9 Å². The van der Waals surface area contributed by atoms with Crippen LogP contribution in [0, 0.1) is 19.8 Å². The van der Waals surface area contributed by atoms with Crippen molar-refractivity contribution in [2.75, 3.05) is 17.2 Å². The summed E-state index contributed by atoms with van der Waals surface area (Å²) < 4.78 is 0. The highest BCUT2D eigenvalue weighted by Gasteiger charge is 2.08.